The first-order valence-electron chi connectivity index (χ1n) is 10.8. The quantitative estimate of drug-likeness (QED) is 0.368. The van der Waals surface area contributed by atoms with E-state index in [9.17, 15) is 9.59 Å². The Morgan fingerprint density at radius 2 is 1.00 bits per heavy atom. The van der Waals surface area contributed by atoms with Gasteiger partial charge in [0.2, 0.25) is 12.1 Å². The Bertz CT molecular complexity index is 746. The van der Waals surface area contributed by atoms with Gasteiger partial charge in [0, 0.05) is 11.1 Å². The average molecular weight is 483 g/mol. The van der Waals surface area contributed by atoms with Crippen LogP contribution < -0.4 is 34.6 Å². The first-order chi connectivity index (χ1) is 14.7. The molecule has 32 heavy (non-hydrogen) atoms. The number of esters is 2. The molecule has 2 unspecified atom stereocenters. The summed E-state index contributed by atoms with van der Waals surface area (Å²) in [5.74, 6) is -0.376. The smallest absolute Gasteiger partial charge is 0.369 e. The number of quaternary nitrogens is 2. The minimum absolute atomic E-state index is 0. The monoisotopic (exact) mass is 482 g/mol. The summed E-state index contributed by atoms with van der Waals surface area (Å²) in [6, 6.07) is 19.0. The van der Waals surface area contributed by atoms with E-state index < -0.39 is 0 Å². The molecule has 1 fully saturated rings. The second-order valence-electron chi connectivity index (χ2n) is 7.51. The van der Waals surface area contributed by atoms with Crippen molar-refractivity contribution in [1.82, 2.24) is 0 Å². The van der Waals surface area contributed by atoms with Crippen LogP contribution in [0.2, 0.25) is 0 Å². The van der Waals surface area contributed by atoms with Gasteiger partial charge in [0.05, 0.1) is 13.2 Å². The van der Waals surface area contributed by atoms with Crippen molar-refractivity contribution in [2.75, 3.05) is 39.4 Å². The Morgan fingerprint density at radius 1 is 0.688 bits per heavy atom. The van der Waals surface area contributed by atoms with E-state index in [2.05, 4.69) is 0 Å². The summed E-state index contributed by atoms with van der Waals surface area (Å²) in [7, 11) is 0. The van der Waals surface area contributed by atoms with Crippen molar-refractivity contribution in [3.63, 3.8) is 0 Å². The molecule has 2 aromatic carbocycles. The van der Waals surface area contributed by atoms with Crippen LogP contribution in [-0.2, 0) is 19.1 Å². The molecule has 8 heteroatoms. The molecule has 3 rings (SSSR count). The first-order valence-corrected chi connectivity index (χ1v) is 10.8. The van der Waals surface area contributed by atoms with Gasteiger partial charge in [0.25, 0.3) is 0 Å². The SMILES string of the molecule is CCOC(=O)C(c1ccccc1)[NH+]1CC[NH+](C(C(=O)OCC)c2ccccc2)CC1.[Cl-].[Cl-]. The normalized spacial score (nSPS) is 19.4. The second kappa shape index (κ2) is 14.1. The van der Waals surface area contributed by atoms with Gasteiger partial charge < -0.3 is 44.1 Å². The first kappa shape index (κ1) is 27.9. The minimum atomic E-state index is -0.342. The average Bonchev–Trinajstić information content (AvgIpc) is 2.77. The van der Waals surface area contributed by atoms with E-state index in [4.69, 9.17) is 9.47 Å². The highest BCUT2D eigenvalue weighted by Crippen LogP contribution is 2.13. The summed E-state index contributed by atoms with van der Waals surface area (Å²) in [4.78, 5) is 27.9. The van der Waals surface area contributed by atoms with E-state index in [1.54, 1.807) is 0 Å². The number of nitrogens with one attached hydrogen (secondary N) is 2. The summed E-state index contributed by atoms with van der Waals surface area (Å²) >= 11 is 0. The zero-order valence-corrected chi connectivity index (χ0v) is 20.1. The third-order valence-electron chi connectivity index (χ3n) is 5.66. The van der Waals surface area contributed by atoms with Crippen molar-refractivity contribution in [3.05, 3.63) is 71.8 Å². The molecule has 1 heterocycles. The van der Waals surface area contributed by atoms with Crippen molar-refractivity contribution in [1.29, 1.82) is 0 Å². The minimum Gasteiger partial charge on any atom is -1.00 e. The standard InChI is InChI=1S/C24H30N2O4.2ClH/c1-3-29-23(27)21(19-11-7-5-8-12-19)25-15-17-26(18-16-25)22(24(28)30-4-2)20-13-9-6-10-14-20;;/h5-14,21-22H,3-4,15-18H2,1-2H3;2*1H. The van der Waals surface area contributed by atoms with Gasteiger partial charge >= 0.3 is 11.9 Å². The lowest BCUT2D eigenvalue weighted by molar-refractivity contribution is -1.03. The number of rotatable bonds is 8. The van der Waals surface area contributed by atoms with Crippen molar-refractivity contribution in [2.45, 2.75) is 25.9 Å². The van der Waals surface area contributed by atoms with Crippen LogP contribution >= 0.6 is 0 Å². The maximum atomic E-state index is 12.7. The van der Waals surface area contributed by atoms with Gasteiger partial charge in [-0.3, -0.25) is 0 Å². The third kappa shape index (κ3) is 6.94. The predicted octanol–water partition coefficient (Wildman–Crippen LogP) is -5.61. The van der Waals surface area contributed by atoms with E-state index in [1.165, 1.54) is 9.80 Å². The number of carbonyl (C=O) groups is 2. The summed E-state index contributed by atoms with van der Waals surface area (Å²) in [5.41, 5.74) is 1.94. The Hall–Kier alpha value is -2.12. The number of hydrogen-bond donors (Lipinski definition) is 2. The fourth-order valence-corrected chi connectivity index (χ4v) is 4.29. The number of piperazine rings is 1. The predicted molar refractivity (Wildman–Crippen MR) is 113 cm³/mol. The molecule has 2 N–H and O–H groups in total. The van der Waals surface area contributed by atoms with E-state index >= 15 is 0 Å². The van der Waals surface area contributed by atoms with E-state index in [0.29, 0.717) is 13.2 Å². The van der Waals surface area contributed by atoms with Crippen LogP contribution in [0, 0.1) is 0 Å². The van der Waals surface area contributed by atoms with Crippen LogP contribution in [0.4, 0.5) is 0 Å². The van der Waals surface area contributed by atoms with Gasteiger partial charge in [-0.25, -0.2) is 9.59 Å². The third-order valence-corrected chi connectivity index (χ3v) is 5.66. The number of halogens is 2. The molecule has 1 aliphatic heterocycles. The van der Waals surface area contributed by atoms with Gasteiger partial charge in [0.15, 0.2) is 0 Å². The molecule has 1 aliphatic rings. The summed E-state index contributed by atoms with van der Waals surface area (Å²) < 4.78 is 10.8. The van der Waals surface area contributed by atoms with Crippen LogP contribution in [0.15, 0.2) is 60.7 Å². The van der Waals surface area contributed by atoms with Crippen LogP contribution in [0.5, 0.6) is 0 Å². The molecule has 2 aromatic rings. The molecule has 176 valence electrons. The van der Waals surface area contributed by atoms with E-state index in [-0.39, 0.29) is 48.8 Å². The van der Waals surface area contributed by atoms with E-state index in [0.717, 1.165) is 37.3 Å². The van der Waals surface area contributed by atoms with Crippen LogP contribution in [0.3, 0.4) is 0 Å². The number of carbonyl (C=O) groups excluding carboxylic acids is 2. The van der Waals surface area contributed by atoms with Gasteiger partial charge in [-0.2, -0.15) is 0 Å². The highest BCUT2D eigenvalue weighted by molar-refractivity contribution is 5.76. The summed E-state index contributed by atoms with van der Waals surface area (Å²) in [5, 5.41) is 0. The largest absolute Gasteiger partial charge is 1.00 e. The van der Waals surface area contributed by atoms with Gasteiger partial charge in [0.1, 0.15) is 26.2 Å². The molecule has 0 spiro atoms. The van der Waals surface area contributed by atoms with Gasteiger partial charge in [-0.15, -0.1) is 0 Å². The summed E-state index contributed by atoms with van der Waals surface area (Å²) in [6.07, 6.45) is 0. The summed E-state index contributed by atoms with van der Waals surface area (Å²) in [6.45, 7) is 7.50. The van der Waals surface area contributed by atoms with E-state index in [1.807, 2.05) is 74.5 Å². The Balaban J connectivity index is 0.00000256. The van der Waals surface area contributed by atoms with Gasteiger partial charge in [-0.05, 0) is 13.8 Å². The molecule has 2 atom stereocenters. The molecule has 0 aliphatic carbocycles. The molecule has 0 saturated carbocycles. The van der Waals surface area contributed by atoms with Crippen LogP contribution in [-0.4, -0.2) is 51.3 Å². The highest BCUT2D eigenvalue weighted by atomic mass is 35.5. The zero-order valence-electron chi connectivity index (χ0n) is 18.6. The topological polar surface area (TPSA) is 61.5 Å². The molecular formula is C24H32Cl2N2O4. The molecule has 0 radical (unpaired) electrons. The fourth-order valence-electron chi connectivity index (χ4n) is 4.29. The van der Waals surface area contributed by atoms with Crippen molar-refractivity contribution in [2.24, 2.45) is 0 Å². The number of benzene rings is 2. The molecular weight excluding hydrogens is 451 g/mol. The Morgan fingerprint density at radius 3 is 1.28 bits per heavy atom. The molecule has 0 aromatic heterocycles. The number of hydrogen-bond acceptors (Lipinski definition) is 4. The molecule has 1 saturated heterocycles. The van der Waals surface area contributed by atoms with Crippen molar-refractivity contribution in [3.8, 4) is 0 Å². The van der Waals surface area contributed by atoms with Crippen LogP contribution in [0.1, 0.15) is 37.1 Å². The second-order valence-corrected chi connectivity index (χ2v) is 7.51. The Labute approximate surface area is 202 Å². The molecule has 0 bridgehead atoms. The lowest BCUT2D eigenvalue weighted by Gasteiger charge is -2.36. The maximum Gasteiger partial charge on any atom is 0.369 e. The zero-order chi connectivity index (χ0) is 21.3. The fraction of sp³-hybridized carbons (Fsp3) is 0.417. The number of ether oxygens (including phenoxy) is 2. The van der Waals surface area contributed by atoms with Gasteiger partial charge in [-0.1, -0.05) is 60.7 Å². The van der Waals surface area contributed by atoms with Crippen LogP contribution in [0.25, 0.3) is 0 Å². The Kier molecular flexibility index (Phi) is 12.3. The van der Waals surface area contributed by atoms with Crippen molar-refractivity contribution >= 4 is 11.9 Å². The lowest BCUT2D eigenvalue weighted by atomic mass is 10.0. The lowest BCUT2D eigenvalue weighted by Crippen LogP contribution is -3.28. The molecule has 0 amide bonds. The highest BCUT2D eigenvalue weighted by Gasteiger charge is 2.41. The van der Waals surface area contributed by atoms with Crippen molar-refractivity contribution < 1.29 is 53.7 Å². The maximum absolute atomic E-state index is 12.7. The molecule has 6 nitrogen and oxygen atoms in total.